The van der Waals surface area contributed by atoms with Gasteiger partial charge in [0.25, 0.3) is 6.43 Å². The Morgan fingerprint density at radius 2 is 2.21 bits per heavy atom. The van der Waals surface area contributed by atoms with Crippen LogP contribution < -0.4 is 0 Å². The Hall–Kier alpha value is -1.09. The molecule has 14 heavy (non-hydrogen) atoms. The zero-order valence-electron chi connectivity index (χ0n) is 6.77. The largest absolute Gasteiger partial charge is 0.265 e. The molecule has 0 fully saturated rings. The summed E-state index contributed by atoms with van der Waals surface area (Å²) in [6.07, 6.45) is -3.09. The van der Waals surface area contributed by atoms with Gasteiger partial charge in [-0.1, -0.05) is 0 Å². The molecule has 0 spiro atoms. The van der Waals surface area contributed by atoms with Crippen molar-refractivity contribution in [3.8, 4) is 6.07 Å². The molecule has 0 atom stereocenters. The standard InChI is InChI=1S/C8H4BrF3N2/c9-7-5(10)3-4(8(11)12)6(14-7)1-2-13/h3,8H,1H2. The van der Waals surface area contributed by atoms with Crippen LogP contribution in [0.4, 0.5) is 13.2 Å². The normalized spacial score (nSPS) is 10.3. The number of nitrogens with zero attached hydrogens (tertiary/aromatic N) is 2. The Morgan fingerprint density at radius 1 is 1.57 bits per heavy atom. The highest BCUT2D eigenvalue weighted by Crippen LogP contribution is 2.25. The van der Waals surface area contributed by atoms with Gasteiger partial charge in [0.05, 0.1) is 18.2 Å². The lowest BCUT2D eigenvalue weighted by atomic mass is 10.1. The third-order valence-corrected chi connectivity index (χ3v) is 2.08. The van der Waals surface area contributed by atoms with Gasteiger partial charge in [-0.05, 0) is 22.0 Å². The molecular formula is C8H4BrF3N2. The predicted octanol–water partition coefficient (Wildman–Crippen LogP) is 2.99. The molecule has 0 unspecified atom stereocenters. The van der Waals surface area contributed by atoms with E-state index in [-0.39, 0.29) is 16.7 Å². The van der Waals surface area contributed by atoms with Crippen LogP contribution >= 0.6 is 15.9 Å². The van der Waals surface area contributed by atoms with Crippen molar-refractivity contribution in [1.29, 1.82) is 5.26 Å². The summed E-state index contributed by atoms with van der Waals surface area (Å²) in [5.74, 6) is -0.859. The lowest BCUT2D eigenvalue weighted by Gasteiger charge is -2.05. The lowest BCUT2D eigenvalue weighted by molar-refractivity contribution is 0.149. The van der Waals surface area contributed by atoms with Gasteiger partial charge in [0.1, 0.15) is 4.60 Å². The van der Waals surface area contributed by atoms with Gasteiger partial charge in [-0.25, -0.2) is 18.2 Å². The quantitative estimate of drug-likeness (QED) is 0.771. The number of hydrogen-bond acceptors (Lipinski definition) is 2. The fourth-order valence-corrected chi connectivity index (χ4v) is 1.25. The zero-order valence-corrected chi connectivity index (χ0v) is 8.35. The van der Waals surface area contributed by atoms with E-state index < -0.39 is 17.8 Å². The Balaban J connectivity index is 3.25. The first kappa shape index (κ1) is 11.0. The molecule has 0 aliphatic heterocycles. The molecule has 1 aromatic rings. The monoisotopic (exact) mass is 264 g/mol. The van der Waals surface area contributed by atoms with E-state index >= 15 is 0 Å². The summed E-state index contributed by atoms with van der Waals surface area (Å²) in [6.45, 7) is 0. The first-order valence-electron chi connectivity index (χ1n) is 3.56. The van der Waals surface area contributed by atoms with Crippen molar-refractivity contribution in [3.05, 3.63) is 27.7 Å². The topological polar surface area (TPSA) is 36.7 Å². The molecule has 74 valence electrons. The van der Waals surface area contributed by atoms with Crippen LogP contribution in [-0.2, 0) is 6.42 Å². The van der Waals surface area contributed by atoms with Crippen molar-refractivity contribution in [2.75, 3.05) is 0 Å². The van der Waals surface area contributed by atoms with Crippen LogP contribution in [0.3, 0.4) is 0 Å². The maximum absolute atomic E-state index is 12.8. The molecule has 6 heteroatoms. The van der Waals surface area contributed by atoms with Gasteiger partial charge in [-0.15, -0.1) is 0 Å². The second-order valence-corrected chi connectivity index (χ2v) is 3.18. The summed E-state index contributed by atoms with van der Waals surface area (Å²) >= 11 is 2.76. The van der Waals surface area contributed by atoms with E-state index in [1.807, 2.05) is 0 Å². The highest BCUT2D eigenvalue weighted by atomic mass is 79.9. The van der Waals surface area contributed by atoms with Gasteiger partial charge < -0.3 is 0 Å². The number of halogens is 4. The average molecular weight is 265 g/mol. The second kappa shape index (κ2) is 4.42. The van der Waals surface area contributed by atoms with E-state index in [0.29, 0.717) is 6.07 Å². The van der Waals surface area contributed by atoms with Crippen LogP contribution in [-0.4, -0.2) is 4.98 Å². The van der Waals surface area contributed by atoms with Gasteiger partial charge in [0.15, 0.2) is 5.82 Å². The Labute approximate surface area is 86.5 Å². The van der Waals surface area contributed by atoms with Crippen LogP contribution in [0, 0.1) is 17.1 Å². The Morgan fingerprint density at radius 3 is 2.71 bits per heavy atom. The Bertz CT molecular complexity index is 387. The average Bonchev–Trinajstić information content (AvgIpc) is 2.11. The Kier molecular flexibility index (Phi) is 3.47. The molecule has 0 aliphatic rings. The summed E-state index contributed by atoms with van der Waals surface area (Å²) in [4.78, 5) is 3.52. The van der Waals surface area contributed by atoms with Gasteiger partial charge in [-0.2, -0.15) is 5.26 Å². The molecule has 1 rings (SSSR count). The minimum Gasteiger partial charge on any atom is -0.241 e. The third-order valence-electron chi connectivity index (χ3n) is 1.53. The highest BCUT2D eigenvalue weighted by Gasteiger charge is 2.17. The van der Waals surface area contributed by atoms with Crippen LogP contribution in [0.1, 0.15) is 17.7 Å². The number of nitriles is 1. The van der Waals surface area contributed by atoms with Crippen molar-refractivity contribution in [2.24, 2.45) is 0 Å². The van der Waals surface area contributed by atoms with E-state index in [4.69, 9.17) is 5.26 Å². The van der Waals surface area contributed by atoms with Crippen molar-refractivity contribution in [3.63, 3.8) is 0 Å². The fraction of sp³-hybridized carbons (Fsp3) is 0.250. The van der Waals surface area contributed by atoms with Gasteiger partial charge in [0.2, 0.25) is 0 Å². The van der Waals surface area contributed by atoms with E-state index in [1.54, 1.807) is 6.07 Å². The third kappa shape index (κ3) is 2.23. The van der Waals surface area contributed by atoms with Gasteiger partial charge >= 0.3 is 0 Å². The van der Waals surface area contributed by atoms with Crippen molar-refractivity contribution >= 4 is 15.9 Å². The molecule has 0 N–H and O–H groups in total. The maximum Gasteiger partial charge on any atom is 0.265 e. The molecule has 2 nitrogen and oxygen atoms in total. The van der Waals surface area contributed by atoms with Crippen LogP contribution in [0.5, 0.6) is 0 Å². The number of rotatable bonds is 2. The van der Waals surface area contributed by atoms with Gasteiger partial charge in [-0.3, -0.25) is 0 Å². The van der Waals surface area contributed by atoms with E-state index in [0.717, 1.165) is 0 Å². The summed E-state index contributed by atoms with van der Waals surface area (Å²) in [5, 5.41) is 8.34. The molecule has 1 heterocycles. The lowest BCUT2D eigenvalue weighted by Crippen LogP contribution is -2.00. The van der Waals surface area contributed by atoms with E-state index in [1.165, 1.54) is 0 Å². The molecule has 1 aromatic heterocycles. The SMILES string of the molecule is N#CCc1nc(Br)c(F)cc1C(F)F. The maximum atomic E-state index is 12.8. The molecule has 0 saturated carbocycles. The molecule has 0 bridgehead atoms. The number of aromatic nitrogens is 1. The second-order valence-electron chi connectivity index (χ2n) is 2.43. The van der Waals surface area contributed by atoms with Crippen molar-refractivity contribution < 1.29 is 13.2 Å². The summed E-state index contributed by atoms with van der Waals surface area (Å²) in [5.41, 5.74) is -0.636. The molecule has 0 aliphatic carbocycles. The van der Waals surface area contributed by atoms with Crippen LogP contribution in [0.25, 0.3) is 0 Å². The molecule has 0 amide bonds. The van der Waals surface area contributed by atoms with Crippen LogP contribution in [0.2, 0.25) is 0 Å². The summed E-state index contributed by atoms with van der Waals surface area (Å²) in [6, 6.07) is 2.38. The highest BCUT2D eigenvalue weighted by molar-refractivity contribution is 9.10. The minimum atomic E-state index is -2.83. The number of alkyl halides is 2. The van der Waals surface area contributed by atoms with E-state index in [9.17, 15) is 13.2 Å². The number of hydrogen-bond donors (Lipinski definition) is 0. The molecular weight excluding hydrogens is 261 g/mol. The first-order valence-corrected chi connectivity index (χ1v) is 4.35. The van der Waals surface area contributed by atoms with Gasteiger partial charge in [0, 0.05) is 5.56 Å². The predicted molar refractivity (Wildman–Crippen MR) is 46.2 cm³/mol. The summed E-state index contributed by atoms with van der Waals surface area (Å²) in [7, 11) is 0. The zero-order chi connectivity index (χ0) is 10.7. The summed E-state index contributed by atoms with van der Waals surface area (Å²) < 4.78 is 37.3. The minimum absolute atomic E-state index is 0.101. The van der Waals surface area contributed by atoms with Crippen molar-refractivity contribution in [2.45, 2.75) is 12.8 Å². The smallest absolute Gasteiger partial charge is 0.241 e. The van der Waals surface area contributed by atoms with E-state index in [2.05, 4.69) is 20.9 Å². The fourth-order valence-electron chi connectivity index (χ4n) is 0.921. The number of pyridine rings is 1. The molecule has 0 saturated heterocycles. The van der Waals surface area contributed by atoms with Crippen LogP contribution in [0.15, 0.2) is 10.7 Å². The molecule has 0 aromatic carbocycles. The molecule has 0 radical (unpaired) electrons. The van der Waals surface area contributed by atoms with Crippen molar-refractivity contribution in [1.82, 2.24) is 4.98 Å². The first-order chi connectivity index (χ1) is 6.56.